The molecule has 1 aliphatic rings. The number of hydrogen-bond acceptors (Lipinski definition) is 6. The van der Waals surface area contributed by atoms with Crippen molar-refractivity contribution in [2.45, 2.75) is 6.54 Å². The van der Waals surface area contributed by atoms with Crippen molar-refractivity contribution >= 4 is 18.1 Å². The molecule has 0 atom stereocenters. The third kappa shape index (κ3) is 3.83. The molecule has 1 N–H and O–H groups in total. The van der Waals surface area contributed by atoms with Gasteiger partial charge in [-0.1, -0.05) is 6.07 Å². The highest BCUT2D eigenvalue weighted by atomic mass is 16.2. The van der Waals surface area contributed by atoms with Crippen LogP contribution >= 0.6 is 0 Å². The molecule has 1 fully saturated rings. The van der Waals surface area contributed by atoms with Crippen LogP contribution in [0.2, 0.25) is 0 Å². The van der Waals surface area contributed by atoms with Gasteiger partial charge in [0.1, 0.15) is 11.5 Å². The van der Waals surface area contributed by atoms with Gasteiger partial charge in [0.25, 0.3) is 5.91 Å². The summed E-state index contributed by atoms with van der Waals surface area (Å²) in [7, 11) is 0. The molecule has 1 aliphatic heterocycles. The van der Waals surface area contributed by atoms with Crippen molar-refractivity contribution in [1.29, 1.82) is 0 Å². The van der Waals surface area contributed by atoms with E-state index in [0.717, 1.165) is 12.0 Å². The number of anilines is 1. The molecule has 0 aliphatic carbocycles. The first-order valence-corrected chi connectivity index (χ1v) is 7.70. The van der Waals surface area contributed by atoms with E-state index in [-0.39, 0.29) is 5.91 Å². The molecular formula is C16H18N6O2. The topological polar surface area (TPSA) is 91.3 Å². The Hall–Kier alpha value is -3.03. The quantitative estimate of drug-likeness (QED) is 0.800. The lowest BCUT2D eigenvalue weighted by Gasteiger charge is -2.32. The van der Waals surface area contributed by atoms with Gasteiger partial charge >= 0.3 is 0 Å². The summed E-state index contributed by atoms with van der Waals surface area (Å²) in [6.45, 7) is 2.71. The van der Waals surface area contributed by atoms with E-state index < -0.39 is 0 Å². The Morgan fingerprint density at radius 1 is 1.17 bits per heavy atom. The number of nitrogens with one attached hydrogen (secondary N) is 1. The van der Waals surface area contributed by atoms with Crippen molar-refractivity contribution in [2.24, 2.45) is 0 Å². The van der Waals surface area contributed by atoms with Crippen LogP contribution in [0.15, 0.2) is 36.9 Å². The van der Waals surface area contributed by atoms with Crippen molar-refractivity contribution in [2.75, 3.05) is 31.5 Å². The van der Waals surface area contributed by atoms with Crippen molar-refractivity contribution < 1.29 is 9.59 Å². The number of piperazine rings is 1. The fourth-order valence-electron chi connectivity index (χ4n) is 2.42. The molecule has 0 saturated carbocycles. The first kappa shape index (κ1) is 15.9. The lowest BCUT2D eigenvalue weighted by Crippen LogP contribution is -2.48. The summed E-state index contributed by atoms with van der Waals surface area (Å²) >= 11 is 0. The molecule has 0 unspecified atom stereocenters. The minimum absolute atomic E-state index is 0.160. The maximum absolute atomic E-state index is 12.4. The summed E-state index contributed by atoms with van der Waals surface area (Å²) in [6, 6.07) is 3.83. The molecule has 2 amide bonds. The fourth-order valence-corrected chi connectivity index (χ4v) is 2.42. The summed E-state index contributed by atoms with van der Waals surface area (Å²) < 4.78 is 0. The highest BCUT2D eigenvalue weighted by Gasteiger charge is 2.22. The lowest BCUT2D eigenvalue weighted by atomic mass is 10.3. The van der Waals surface area contributed by atoms with Gasteiger partial charge < -0.3 is 15.1 Å². The van der Waals surface area contributed by atoms with Crippen molar-refractivity contribution in [3.8, 4) is 0 Å². The summed E-state index contributed by atoms with van der Waals surface area (Å²) in [5, 5.41) is 3.14. The number of pyridine rings is 1. The average molecular weight is 326 g/mol. The highest BCUT2D eigenvalue weighted by molar-refractivity contribution is 5.92. The second kappa shape index (κ2) is 7.49. The molecule has 8 nitrogen and oxygen atoms in total. The van der Waals surface area contributed by atoms with Crippen LogP contribution in [0.4, 0.5) is 5.82 Å². The average Bonchev–Trinajstić information content (AvgIpc) is 2.67. The van der Waals surface area contributed by atoms with Crippen LogP contribution in [0.1, 0.15) is 16.1 Å². The minimum atomic E-state index is -0.160. The molecule has 0 spiro atoms. The van der Waals surface area contributed by atoms with Gasteiger partial charge in [0.2, 0.25) is 6.41 Å². The van der Waals surface area contributed by atoms with Crippen molar-refractivity contribution in [1.82, 2.24) is 24.8 Å². The monoisotopic (exact) mass is 326 g/mol. The van der Waals surface area contributed by atoms with E-state index in [1.165, 1.54) is 6.20 Å². The Morgan fingerprint density at radius 2 is 2.00 bits per heavy atom. The second-order valence-electron chi connectivity index (χ2n) is 5.44. The van der Waals surface area contributed by atoms with E-state index in [0.29, 0.717) is 44.2 Å². The fraction of sp³-hybridized carbons (Fsp3) is 0.312. The Labute approximate surface area is 139 Å². The number of aromatic nitrogens is 3. The van der Waals surface area contributed by atoms with Crippen molar-refractivity contribution in [3.05, 3.63) is 48.2 Å². The Kier molecular flexibility index (Phi) is 4.95. The third-order valence-corrected chi connectivity index (χ3v) is 3.82. The largest absolute Gasteiger partial charge is 0.365 e. The number of hydrogen-bond donors (Lipinski definition) is 1. The number of amides is 2. The van der Waals surface area contributed by atoms with Gasteiger partial charge in [-0.2, -0.15) is 0 Å². The molecule has 24 heavy (non-hydrogen) atoms. The standard InChI is InChI=1S/C16H18N6O2/c23-12-21-4-6-22(7-5-21)16(24)14-10-20-15(11-18-14)19-9-13-2-1-3-17-8-13/h1-3,8,10-12H,4-7,9H2,(H,19,20). The molecular weight excluding hydrogens is 308 g/mol. The molecule has 0 radical (unpaired) electrons. The maximum Gasteiger partial charge on any atom is 0.274 e. The van der Waals surface area contributed by atoms with Crippen LogP contribution in [-0.2, 0) is 11.3 Å². The minimum Gasteiger partial charge on any atom is -0.365 e. The molecule has 2 aromatic rings. The first-order valence-electron chi connectivity index (χ1n) is 7.70. The van der Waals surface area contributed by atoms with Crippen LogP contribution in [0.5, 0.6) is 0 Å². The summed E-state index contributed by atoms with van der Waals surface area (Å²) in [5.41, 5.74) is 1.34. The molecule has 3 heterocycles. The zero-order chi connectivity index (χ0) is 16.8. The van der Waals surface area contributed by atoms with Gasteiger partial charge in [0.05, 0.1) is 12.4 Å². The molecule has 124 valence electrons. The highest BCUT2D eigenvalue weighted by Crippen LogP contribution is 2.08. The molecule has 2 aromatic heterocycles. The Balaban J connectivity index is 1.56. The third-order valence-electron chi connectivity index (χ3n) is 3.82. The van der Waals surface area contributed by atoms with E-state index in [9.17, 15) is 9.59 Å². The SMILES string of the molecule is O=CN1CCN(C(=O)c2cnc(NCc3cccnc3)cn2)CC1. The molecule has 0 bridgehead atoms. The summed E-state index contributed by atoms with van der Waals surface area (Å²) in [6.07, 6.45) is 7.32. The molecule has 8 heteroatoms. The predicted molar refractivity (Wildman–Crippen MR) is 87.1 cm³/mol. The summed E-state index contributed by atoms with van der Waals surface area (Å²) in [4.78, 5) is 38.9. The second-order valence-corrected chi connectivity index (χ2v) is 5.44. The molecule has 1 saturated heterocycles. The van der Waals surface area contributed by atoms with E-state index in [2.05, 4.69) is 20.3 Å². The number of carbonyl (C=O) groups excluding carboxylic acids is 2. The van der Waals surface area contributed by atoms with Gasteiger partial charge in [0, 0.05) is 45.1 Å². The van der Waals surface area contributed by atoms with E-state index in [1.54, 1.807) is 28.4 Å². The molecule has 0 aromatic carbocycles. The Morgan fingerprint density at radius 3 is 2.62 bits per heavy atom. The molecule has 3 rings (SSSR count). The van der Waals surface area contributed by atoms with E-state index in [4.69, 9.17) is 0 Å². The van der Waals surface area contributed by atoms with E-state index in [1.807, 2.05) is 12.1 Å². The van der Waals surface area contributed by atoms with E-state index >= 15 is 0 Å². The van der Waals surface area contributed by atoms with Crippen LogP contribution in [0.25, 0.3) is 0 Å². The van der Waals surface area contributed by atoms with Crippen LogP contribution < -0.4 is 5.32 Å². The van der Waals surface area contributed by atoms with Crippen LogP contribution in [0, 0.1) is 0 Å². The van der Waals surface area contributed by atoms with Gasteiger partial charge in [0.15, 0.2) is 0 Å². The van der Waals surface area contributed by atoms with Crippen molar-refractivity contribution in [3.63, 3.8) is 0 Å². The van der Waals surface area contributed by atoms with Gasteiger partial charge in [-0.05, 0) is 11.6 Å². The van der Waals surface area contributed by atoms with Gasteiger partial charge in [-0.3, -0.25) is 14.6 Å². The lowest BCUT2D eigenvalue weighted by molar-refractivity contribution is -0.119. The smallest absolute Gasteiger partial charge is 0.274 e. The normalized spacial score (nSPS) is 14.3. The summed E-state index contributed by atoms with van der Waals surface area (Å²) in [5.74, 6) is 0.438. The number of rotatable bonds is 5. The Bertz CT molecular complexity index is 683. The van der Waals surface area contributed by atoms with Crippen LogP contribution in [0.3, 0.4) is 0 Å². The predicted octanol–water partition coefficient (Wildman–Crippen LogP) is 0.398. The number of carbonyl (C=O) groups is 2. The maximum atomic E-state index is 12.4. The van der Waals surface area contributed by atoms with Gasteiger partial charge in [-0.25, -0.2) is 9.97 Å². The van der Waals surface area contributed by atoms with Crippen LogP contribution in [-0.4, -0.2) is 63.2 Å². The zero-order valence-electron chi connectivity index (χ0n) is 13.1. The number of nitrogens with zero attached hydrogens (tertiary/aromatic N) is 5. The van der Waals surface area contributed by atoms with Gasteiger partial charge in [-0.15, -0.1) is 0 Å². The zero-order valence-corrected chi connectivity index (χ0v) is 13.1. The first-order chi connectivity index (χ1) is 11.8.